The average molecular weight is 528 g/mol. The molecule has 3 aromatic carbocycles. The SMILES string of the molecule is CCCCCC[C@](O)(c1ccc(C(=O)NCCC(=O)O)cc1)c1ccc(-c2ccc(C(F)(F)F)cc2)cc1. The van der Waals surface area contributed by atoms with Crippen molar-refractivity contribution in [3.63, 3.8) is 0 Å². The number of carbonyl (C=O) groups excluding carboxylic acids is 1. The van der Waals surface area contributed by atoms with Crippen LogP contribution < -0.4 is 5.32 Å². The largest absolute Gasteiger partial charge is 0.481 e. The maximum atomic E-state index is 12.9. The summed E-state index contributed by atoms with van der Waals surface area (Å²) in [5.74, 6) is -1.40. The fourth-order valence-electron chi connectivity index (χ4n) is 4.34. The topological polar surface area (TPSA) is 86.6 Å². The van der Waals surface area contributed by atoms with Gasteiger partial charge in [0.25, 0.3) is 5.91 Å². The number of alkyl halides is 3. The minimum absolute atomic E-state index is 0.0164. The van der Waals surface area contributed by atoms with Gasteiger partial charge in [-0.2, -0.15) is 13.2 Å². The molecule has 0 radical (unpaired) electrons. The molecule has 0 bridgehead atoms. The number of amides is 1. The monoisotopic (exact) mass is 527 g/mol. The van der Waals surface area contributed by atoms with E-state index >= 15 is 0 Å². The zero-order chi connectivity index (χ0) is 27.8. The Kier molecular flexibility index (Phi) is 9.69. The number of aliphatic carboxylic acids is 1. The Labute approximate surface area is 220 Å². The van der Waals surface area contributed by atoms with E-state index in [4.69, 9.17) is 5.11 Å². The third-order valence-corrected chi connectivity index (χ3v) is 6.55. The number of carbonyl (C=O) groups is 2. The molecule has 0 unspecified atom stereocenters. The number of unbranched alkanes of at least 4 members (excludes halogenated alkanes) is 3. The summed E-state index contributed by atoms with van der Waals surface area (Å²) >= 11 is 0. The Morgan fingerprint density at radius 1 is 0.763 bits per heavy atom. The van der Waals surface area contributed by atoms with Crippen molar-refractivity contribution in [1.29, 1.82) is 0 Å². The molecule has 8 heteroatoms. The molecule has 1 atom stereocenters. The maximum Gasteiger partial charge on any atom is 0.416 e. The van der Waals surface area contributed by atoms with Crippen molar-refractivity contribution < 1.29 is 33.0 Å². The highest BCUT2D eigenvalue weighted by atomic mass is 19.4. The van der Waals surface area contributed by atoms with Gasteiger partial charge in [-0.25, -0.2) is 0 Å². The number of nitrogens with one attached hydrogen (secondary N) is 1. The summed E-state index contributed by atoms with van der Waals surface area (Å²) in [5.41, 5.74) is 0.925. The van der Waals surface area contributed by atoms with Gasteiger partial charge < -0.3 is 15.5 Å². The molecule has 3 rings (SSSR count). The Bertz CT molecular complexity index is 1210. The first-order valence-electron chi connectivity index (χ1n) is 12.7. The van der Waals surface area contributed by atoms with Crippen molar-refractivity contribution in [3.05, 3.63) is 95.1 Å². The number of rotatable bonds is 12. The molecule has 1 amide bonds. The molecule has 38 heavy (non-hydrogen) atoms. The second kappa shape index (κ2) is 12.7. The van der Waals surface area contributed by atoms with Crippen molar-refractivity contribution in [2.24, 2.45) is 0 Å². The molecule has 0 heterocycles. The average Bonchev–Trinajstić information content (AvgIpc) is 2.90. The van der Waals surface area contributed by atoms with Crippen molar-refractivity contribution >= 4 is 11.9 Å². The van der Waals surface area contributed by atoms with Crippen molar-refractivity contribution in [3.8, 4) is 11.1 Å². The van der Waals surface area contributed by atoms with Gasteiger partial charge in [0, 0.05) is 12.1 Å². The Balaban J connectivity index is 1.84. The van der Waals surface area contributed by atoms with Gasteiger partial charge in [-0.05, 0) is 59.4 Å². The van der Waals surface area contributed by atoms with E-state index in [-0.39, 0.29) is 13.0 Å². The molecule has 0 fully saturated rings. The highest BCUT2D eigenvalue weighted by Crippen LogP contribution is 2.37. The van der Waals surface area contributed by atoms with E-state index in [1.165, 1.54) is 12.1 Å². The van der Waals surface area contributed by atoms with Gasteiger partial charge in [0.15, 0.2) is 0 Å². The normalized spacial score (nSPS) is 13.1. The second-order valence-electron chi connectivity index (χ2n) is 9.30. The second-order valence-corrected chi connectivity index (χ2v) is 9.30. The lowest BCUT2D eigenvalue weighted by molar-refractivity contribution is -0.138. The van der Waals surface area contributed by atoms with Crippen molar-refractivity contribution in [1.82, 2.24) is 5.32 Å². The van der Waals surface area contributed by atoms with Gasteiger partial charge >= 0.3 is 12.1 Å². The zero-order valence-corrected chi connectivity index (χ0v) is 21.2. The summed E-state index contributed by atoms with van der Waals surface area (Å²) in [7, 11) is 0. The molecule has 202 valence electrons. The van der Waals surface area contributed by atoms with E-state index in [9.17, 15) is 27.9 Å². The lowest BCUT2D eigenvalue weighted by Gasteiger charge is -2.30. The summed E-state index contributed by atoms with van der Waals surface area (Å²) < 4.78 is 38.7. The predicted octanol–water partition coefficient (Wildman–Crippen LogP) is 6.78. The minimum atomic E-state index is -4.40. The maximum absolute atomic E-state index is 12.9. The van der Waals surface area contributed by atoms with Crippen LogP contribution in [0.25, 0.3) is 11.1 Å². The fourth-order valence-corrected chi connectivity index (χ4v) is 4.34. The fraction of sp³-hybridized carbons (Fsp3) is 0.333. The molecule has 5 nitrogen and oxygen atoms in total. The predicted molar refractivity (Wildman–Crippen MR) is 140 cm³/mol. The highest BCUT2D eigenvalue weighted by Gasteiger charge is 2.32. The Hall–Kier alpha value is -3.65. The first-order valence-corrected chi connectivity index (χ1v) is 12.7. The Morgan fingerprint density at radius 3 is 1.74 bits per heavy atom. The molecule has 3 aromatic rings. The van der Waals surface area contributed by atoms with Gasteiger partial charge in [0.05, 0.1) is 12.0 Å². The molecule has 0 aliphatic rings. The third kappa shape index (κ3) is 7.44. The van der Waals surface area contributed by atoms with Crippen LogP contribution in [0, 0.1) is 0 Å². The van der Waals surface area contributed by atoms with Crippen molar-refractivity contribution in [2.75, 3.05) is 6.54 Å². The standard InChI is InChI=1S/C30H32F3NO4/c1-2-3-4-5-19-29(38,25-14-10-23(11-15-25)28(37)34-20-18-27(35)36)24-12-6-21(7-13-24)22-8-16-26(17-9-22)30(31,32)33/h6-17,38H,2-5,18-20H2,1H3,(H,34,37)(H,35,36)/t29-/m1/s1. The summed E-state index contributed by atoms with van der Waals surface area (Å²) in [6, 6.07) is 18.6. The first-order chi connectivity index (χ1) is 18.0. The summed E-state index contributed by atoms with van der Waals surface area (Å²) in [6.45, 7) is 2.12. The summed E-state index contributed by atoms with van der Waals surface area (Å²) in [6.07, 6.45) is -0.300. The van der Waals surface area contributed by atoms with E-state index in [0.717, 1.165) is 43.4 Å². The van der Waals surface area contributed by atoms with Crippen LogP contribution in [0.3, 0.4) is 0 Å². The van der Waals surface area contributed by atoms with E-state index in [1.54, 1.807) is 48.5 Å². The van der Waals surface area contributed by atoms with Crippen LogP contribution in [0.2, 0.25) is 0 Å². The van der Waals surface area contributed by atoms with Crippen LogP contribution in [-0.4, -0.2) is 28.6 Å². The van der Waals surface area contributed by atoms with E-state index in [0.29, 0.717) is 28.7 Å². The van der Waals surface area contributed by atoms with Crippen LogP contribution >= 0.6 is 0 Å². The molecular weight excluding hydrogens is 495 g/mol. The number of benzene rings is 3. The summed E-state index contributed by atoms with van der Waals surface area (Å²) in [4.78, 5) is 23.0. The summed E-state index contributed by atoms with van der Waals surface area (Å²) in [5, 5.41) is 23.2. The number of halogens is 3. The number of hydrogen-bond donors (Lipinski definition) is 3. The van der Waals surface area contributed by atoms with Crippen LogP contribution in [0.4, 0.5) is 13.2 Å². The van der Waals surface area contributed by atoms with Gasteiger partial charge in [0.1, 0.15) is 5.60 Å². The van der Waals surface area contributed by atoms with E-state index < -0.39 is 29.2 Å². The van der Waals surface area contributed by atoms with Crippen LogP contribution in [0.5, 0.6) is 0 Å². The Morgan fingerprint density at radius 2 is 1.26 bits per heavy atom. The smallest absolute Gasteiger partial charge is 0.416 e. The van der Waals surface area contributed by atoms with Crippen LogP contribution in [-0.2, 0) is 16.6 Å². The zero-order valence-electron chi connectivity index (χ0n) is 21.2. The molecule has 0 aliphatic heterocycles. The number of carboxylic acids is 1. The van der Waals surface area contributed by atoms with E-state index in [1.807, 2.05) is 0 Å². The van der Waals surface area contributed by atoms with Crippen molar-refractivity contribution in [2.45, 2.75) is 57.2 Å². The molecule has 0 aromatic heterocycles. The van der Waals surface area contributed by atoms with Crippen LogP contribution in [0.1, 0.15) is 72.5 Å². The van der Waals surface area contributed by atoms with Gasteiger partial charge in [-0.3, -0.25) is 9.59 Å². The lowest BCUT2D eigenvalue weighted by atomic mass is 9.81. The molecular formula is C30H32F3NO4. The lowest BCUT2D eigenvalue weighted by Crippen LogP contribution is -2.28. The number of carboxylic acid groups (broad SMARTS) is 1. The first kappa shape index (κ1) is 28.9. The van der Waals surface area contributed by atoms with Gasteiger partial charge in [-0.1, -0.05) is 74.7 Å². The third-order valence-electron chi connectivity index (χ3n) is 6.55. The van der Waals surface area contributed by atoms with Gasteiger partial charge in [0.2, 0.25) is 0 Å². The van der Waals surface area contributed by atoms with Gasteiger partial charge in [-0.15, -0.1) is 0 Å². The quantitative estimate of drug-likeness (QED) is 0.227. The number of hydrogen-bond acceptors (Lipinski definition) is 3. The molecule has 0 spiro atoms. The molecule has 0 saturated carbocycles. The van der Waals surface area contributed by atoms with Crippen LogP contribution in [0.15, 0.2) is 72.8 Å². The van der Waals surface area contributed by atoms with E-state index in [2.05, 4.69) is 12.2 Å². The minimum Gasteiger partial charge on any atom is -0.481 e. The molecule has 0 aliphatic carbocycles. The number of aliphatic hydroxyl groups is 1. The molecule has 0 saturated heterocycles. The highest BCUT2D eigenvalue weighted by molar-refractivity contribution is 5.94. The molecule has 3 N–H and O–H groups in total.